The van der Waals surface area contributed by atoms with Gasteiger partial charge in [-0.1, -0.05) is 22.6 Å². The Morgan fingerprint density at radius 2 is 1.90 bits per heavy atom. The number of halogens is 1. The number of nitrogens with one attached hydrogen (secondary N) is 2. The number of anilines is 2. The number of alkyl halides is 1. The normalized spacial score (nSPS) is 10.9. The van der Waals surface area contributed by atoms with Gasteiger partial charge >= 0.3 is 0 Å². The van der Waals surface area contributed by atoms with E-state index in [0.717, 1.165) is 32.4 Å². The average Bonchev–Trinajstić information content (AvgIpc) is 3.16. The largest absolute Gasteiger partial charge is 0.351 e. The number of aromatic amines is 1. The first-order valence-corrected chi connectivity index (χ1v) is 10.5. The zero-order valence-corrected chi connectivity index (χ0v) is 18.1. The first-order valence-electron chi connectivity index (χ1n) is 8.99. The summed E-state index contributed by atoms with van der Waals surface area (Å²) in [7, 11) is 3.46. The Hall–Kier alpha value is -3.01. The number of hydrogen-bond acceptors (Lipinski definition) is 5. The Morgan fingerprint density at radius 1 is 1.07 bits per heavy atom. The highest BCUT2D eigenvalue weighted by Gasteiger charge is 2.12. The van der Waals surface area contributed by atoms with E-state index in [1.165, 1.54) is 5.56 Å². The second-order valence-electron chi connectivity index (χ2n) is 6.76. The van der Waals surface area contributed by atoms with Gasteiger partial charge in [0.15, 0.2) is 0 Å². The zero-order valence-electron chi connectivity index (χ0n) is 16.0. The molecule has 0 bridgehead atoms. The summed E-state index contributed by atoms with van der Waals surface area (Å²) in [4.78, 5) is 30.2. The Labute approximate surface area is 181 Å². The number of rotatable bonds is 5. The summed E-state index contributed by atoms with van der Waals surface area (Å²) in [6.45, 7) is 0. The highest BCUT2D eigenvalue weighted by molar-refractivity contribution is 14.1. The van der Waals surface area contributed by atoms with Crippen LogP contribution in [0.5, 0.6) is 0 Å². The molecular weight excluding hydrogens is 479 g/mol. The second-order valence-corrected chi connectivity index (χ2v) is 7.52. The number of amides is 1. The van der Waals surface area contributed by atoms with E-state index in [0.29, 0.717) is 11.6 Å². The number of aromatic nitrogens is 4. The van der Waals surface area contributed by atoms with Crippen molar-refractivity contribution in [1.82, 2.24) is 24.8 Å². The molecule has 0 unspecified atom stereocenters. The van der Waals surface area contributed by atoms with Gasteiger partial charge in [0, 0.05) is 47.5 Å². The maximum atomic E-state index is 12.2. The molecule has 0 fully saturated rings. The number of carbonyl (C=O) groups excluding carboxylic acids is 1. The van der Waals surface area contributed by atoms with Crippen LogP contribution in [0, 0.1) is 0 Å². The van der Waals surface area contributed by atoms with Crippen LogP contribution < -0.4 is 5.32 Å². The van der Waals surface area contributed by atoms with Crippen LogP contribution in [-0.2, 0) is 4.43 Å². The van der Waals surface area contributed by atoms with E-state index >= 15 is 0 Å². The molecule has 0 radical (unpaired) electrons. The third-order valence-corrected chi connectivity index (χ3v) is 5.29. The Morgan fingerprint density at radius 3 is 2.69 bits per heavy atom. The molecule has 8 heteroatoms. The topological polar surface area (TPSA) is 86.8 Å². The summed E-state index contributed by atoms with van der Waals surface area (Å²) in [5.74, 6) is 0.427. The summed E-state index contributed by atoms with van der Waals surface area (Å²) in [5, 5.41) is 4.17. The van der Waals surface area contributed by atoms with Gasteiger partial charge < -0.3 is 15.2 Å². The Kier molecular flexibility index (Phi) is 5.43. The molecule has 0 saturated heterocycles. The van der Waals surface area contributed by atoms with Gasteiger partial charge in [0.05, 0.1) is 11.4 Å². The first kappa shape index (κ1) is 19.3. The molecule has 3 aromatic heterocycles. The number of hydrogen-bond donors (Lipinski definition) is 2. The van der Waals surface area contributed by atoms with Crippen LogP contribution in [0.1, 0.15) is 16.1 Å². The molecule has 0 atom stereocenters. The molecule has 0 saturated carbocycles. The molecule has 2 N–H and O–H groups in total. The van der Waals surface area contributed by atoms with E-state index in [2.05, 4.69) is 47.8 Å². The molecule has 0 aliphatic heterocycles. The number of pyridine rings is 1. The second kappa shape index (κ2) is 8.16. The molecule has 4 aromatic rings. The first-order chi connectivity index (χ1) is 14.0. The van der Waals surface area contributed by atoms with Crippen molar-refractivity contribution < 1.29 is 4.79 Å². The summed E-state index contributed by atoms with van der Waals surface area (Å²) in [5.41, 5.74) is 5.07. The predicted octanol–water partition coefficient (Wildman–Crippen LogP) is 4.40. The van der Waals surface area contributed by atoms with Gasteiger partial charge in [0.25, 0.3) is 5.91 Å². The maximum Gasteiger partial charge on any atom is 0.269 e. The monoisotopic (exact) mass is 498 g/mol. The van der Waals surface area contributed by atoms with Crippen molar-refractivity contribution in [2.75, 3.05) is 19.4 Å². The molecule has 29 heavy (non-hydrogen) atoms. The molecule has 0 aliphatic rings. The van der Waals surface area contributed by atoms with E-state index in [1.807, 2.05) is 42.5 Å². The van der Waals surface area contributed by atoms with Crippen molar-refractivity contribution >= 4 is 51.0 Å². The molecular formula is C21H19IN6O. The smallest absolute Gasteiger partial charge is 0.269 e. The van der Waals surface area contributed by atoms with E-state index in [-0.39, 0.29) is 5.91 Å². The van der Waals surface area contributed by atoms with E-state index in [9.17, 15) is 4.79 Å². The van der Waals surface area contributed by atoms with Crippen LogP contribution in [0.25, 0.3) is 22.3 Å². The minimum Gasteiger partial charge on any atom is -0.351 e. The van der Waals surface area contributed by atoms with E-state index in [1.54, 1.807) is 31.4 Å². The van der Waals surface area contributed by atoms with E-state index in [4.69, 9.17) is 0 Å². The predicted molar refractivity (Wildman–Crippen MR) is 123 cm³/mol. The molecule has 1 aromatic carbocycles. The van der Waals surface area contributed by atoms with Crippen LogP contribution in [-0.4, -0.2) is 44.8 Å². The number of carbonyl (C=O) groups is 1. The van der Waals surface area contributed by atoms with Gasteiger partial charge in [0.1, 0.15) is 5.69 Å². The van der Waals surface area contributed by atoms with Gasteiger partial charge in [-0.05, 0) is 48.0 Å². The van der Waals surface area contributed by atoms with Crippen LogP contribution in [0.2, 0.25) is 0 Å². The van der Waals surface area contributed by atoms with Crippen LogP contribution in [0.15, 0.2) is 54.9 Å². The Balaban J connectivity index is 1.60. The minimum atomic E-state index is -0.0621. The van der Waals surface area contributed by atoms with Gasteiger partial charge in [0.2, 0.25) is 5.95 Å². The summed E-state index contributed by atoms with van der Waals surface area (Å²) in [6.07, 6.45) is 3.51. The van der Waals surface area contributed by atoms with Crippen molar-refractivity contribution in [1.29, 1.82) is 0 Å². The molecule has 146 valence electrons. The van der Waals surface area contributed by atoms with Gasteiger partial charge in [-0.15, -0.1) is 0 Å². The summed E-state index contributed by atoms with van der Waals surface area (Å²) >= 11 is 2.33. The van der Waals surface area contributed by atoms with Crippen molar-refractivity contribution in [3.63, 3.8) is 0 Å². The fraction of sp³-hybridized carbons (Fsp3) is 0.143. The molecule has 1 amide bonds. The lowest BCUT2D eigenvalue weighted by molar-refractivity contribution is 0.0823. The highest BCUT2D eigenvalue weighted by atomic mass is 127. The highest BCUT2D eigenvalue weighted by Crippen LogP contribution is 2.23. The van der Waals surface area contributed by atoms with Crippen molar-refractivity contribution in [2.24, 2.45) is 0 Å². The summed E-state index contributed by atoms with van der Waals surface area (Å²) < 4.78 is 0.915. The maximum absolute atomic E-state index is 12.2. The Bertz CT molecular complexity index is 1190. The lowest BCUT2D eigenvalue weighted by atomic mass is 10.2. The van der Waals surface area contributed by atoms with Crippen LogP contribution >= 0.6 is 22.6 Å². The zero-order chi connectivity index (χ0) is 20.4. The third-order valence-electron chi connectivity index (χ3n) is 4.41. The van der Waals surface area contributed by atoms with Crippen molar-refractivity contribution in [3.8, 4) is 11.4 Å². The SMILES string of the molecule is CN(C)C(=O)c1cc2cc(Nc3nccc(-c4cc(CI)ccn4)n3)ccc2[nH]1. The third kappa shape index (κ3) is 4.21. The molecule has 7 nitrogen and oxygen atoms in total. The lowest BCUT2D eigenvalue weighted by Gasteiger charge is -2.07. The number of benzene rings is 1. The number of fused-ring (bicyclic) bond motifs is 1. The van der Waals surface area contributed by atoms with Crippen LogP contribution in [0.3, 0.4) is 0 Å². The average molecular weight is 498 g/mol. The van der Waals surface area contributed by atoms with Crippen molar-refractivity contribution in [3.05, 3.63) is 66.1 Å². The number of nitrogens with zero attached hydrogens (tertiary/aromatic N) is 4. The van der Waals surface area contributed by atoms with Crippen LogP contribution in [0.4, 0.5) is 11.6 Å². The molecule has 3 heterocycles. The lowest BCUT2D eigenvalue weighted by Crippen LogP contribution is -2.21. The fourth-order valence-corrected chi connectivity index (χ4v) is 3.43. The van der Waals surface area contributed by atoms with Gasteiger partial charge in [-0.2, -0.15) is 0 Å². The molecule has 0 spiro atoms. The number of H-pyrrole nitrogens is 1. The molecule has 4 rings (SSSR count). The standard InChI is InChI=1S/C21H19IN6O/c1-28(2)20(29)19-11-14-10-15(3-4-16(14)26-19)25-21-24-8-6-17(27-21)18-9-13(12-22)5-7-23-18/h3-11,26H,12H2,1-2H3,(H,24,25,27). The van der Waals surface area contributed by atoms with Gasteiger partial charge in [-0.25, -0.2) is 9.97 Å². The molecule has 0 aliphatic carbocycles. The van der Waals surface area contributed by atoms with E-state index < -0.39 is 0 Å². The van der Waals surface area contributed by atoms with Gasteiger partial charge in [-0.3, -0.25) is 9.78 Å². The fourth-order valence-electron chi connectivity index (χ4n) is 2.95. The minimum absolute atomic E-state index is 0.0621. The van der Waals surface area contributed by atoms with Crippen molar-refractivity contribution in [2.45, 2.75) is 4.43 Å². The summed E-state index contributed by atoms with van der Waals surface area (Å²) in [6, 6.07) is 13.5. The quantitative estimate of drug-likeness (QED) is 0.315.